The lowest BCUT2D eigenvalue weighted by Crippen LogP contribution is -2.38. The molecule has 0 spiro atoms. The van der Waals surface area contributed by atoms with Crippen molar-refractivity contribution in [2.24, 2.45) is 5.73 Å². The van der Waals surface area contributed by atoms with Gasteiger partial charge in [-0.25, -0.2) is 0 Å². The highest BCUT2D eigenvalue weighted by atomic mass is 16.2. The number of hydrogen-bond acceptors (Lipinski definition) is 3. The molecule has 0 aliphatic rings. The van der Waals surface area contributed by atoms with Crippen LogP contribution in [0, 0.1) is 6.92 Å². The van der Waals surface area contributed by atoms with Gasteiger partial charge in [0, 0.05) is 17.8 Å². The normalized spacial score (nSPS) is 10.0. The third kappa shape index (κ3) is 3.21. The van der Waals surface area contributed by atoms with E-state index in [2.05, 4.69) is 0 Å². The highest BCUT2D eigenvalue weighted by Gasteiger charge is 2.16. The molecule has 0 aliphatic heterocycles. The van der Waals surface area contributed by atoms with Crippen LogP contribution in [0.1, 0.15) is 22.8 Å². The average Bonchev–Trinajstić information content (AvgIpc) is 2.28. The van der Waals surface area contributed by atoms with E-state index in [0.717, 1.165) is 5.56 Å². The van der Waals surface area contributed by atoms with Crippen LogP contribution in [0.2, 0.25) is 0 Å². The zero-order valence-corrected chi connectivity index (χ0v) is 10.1. The van der Waals surface area contributed by atoms with Gasteiger partial charge < -0.3 is 16.4 Å². The number of nitrogens with zero attached hydrogens (tertiary/aromatic N) is 1. The molecule has 0 aliphatic carbocycles. The molecule has 1 aromatic carbocycles. The molecule has 0 atom stereocenters. The van der Waals surface area contributed by atoms with Gasteiger partial charge in [-0.1, -0.05) is 6.07 Å². The molecule has 0 saturated carbocycles. The summed E-state index contributed by atoms with van der Waals surface area (Å²) in [6.45, 7) is 4.00. The maximum absolute atomic E-state index is 12.0. The Balaban J connectivity index is 2.93. The van der Waals surface area contributed by atoms with Gasteiger partial charge in [0.2, 0.25) is 5.91 Å². The van der Waals surface area contributed by atoms with Gasteiger partial charge in [-0.3, -0.25) is 9.59 Å². The third-order valence-corrected chi connectivity index (χ3v) is 2.54. The average molecular weight is 235 g/mol. The third-order valence-electron chi connectivity index (χ3n) is 2.54. The van der Waals surface area contributed by atoms with Crippen LogP contribution >= 0.6 is 0 Å². The van der Waals surface area contributed by atoms with Gasteiger partial charge >= 0.3 is 0 Å². The van der Waals surface area contributed by atoms with Crippen LogP contribution < -0.4 is 11.5 Å². The summed E-state index contributed by atoms with van der Waals surface area (Å²) in [5, 5.41) is 0. The zero-order chi connectivity index (χ0) is 13.0. The number of primary amides is 1. The summed E-state index contributed by atoms with van der Waals surface area (Å²) in [5.74, 6) is -0.765. The summed E-state index contributed by atoms with van der Waals surface area (Å²) < 4.78 is 0. The second kappa shape index (κ2) is 5.34. The molecular formula is C12H17N3O2. The van der Waals surface area contributed by atoms with Gasteiger partial charge in [-0.05, 0) is 31.5 Å². The molecule has 5 nitrogen and oxygen atoms in total. The van der Waals surface area contributed by atoms with Crippen molar-refractivity contribution >= 4 is 17.5 Å². The number of carbonyl (C=O) groups is 2. The maximum Gasteiger partial charge on any atom is 0.254 e. The quantitative estimate of drug-likeness (QED) is 0.746. The fourth-order valence-corrected chi connectivity index (χ4v) is 1.47. The molecule has 0 unspecified atom stereocenters. The van der Waals surface area contributed by atoms with Crippen molar-refractivity contribution in [3.63, 3.8) is 0 Å². The van der Waals surface area contributed by atoms with Crippen LogP contribution in [0.5, 0.6) is 0 Å². The highest BCUT2D eigenvalue weighted by Crippen LogP contribution is 2.14. The first-order chi connectivity index (χ1) is 7.95. The van der Waals surface area contributed by atoms with E-state index in [0.29, 0.717) is 17.8 Å². The molecule has 17 heavy (non-hydrogen) atoms. The van der Waals surface area contributed by atoms with Crippen LogP contribution in [0.4, 0.5) is 5.69 Å². The van der Waals surface area contributed by atoms with Gasteiger partial charge in [-0.15, -0.1) is 0 Å². The summed E-state index contributed by atoms with van der Waals surface area (Å²) in [6, 6.07) is 5.08. The molecule has 1 aromatic rings. The Hall–Kier alpha value is -2.04. The standard InChI is InChI=1S/C12H17N3O2/c1-3-15(7-11(14)16)12(17)9-5-4-8(2)10(13)6-9/h4-6H,3,7,13H2,1-2H3,(H2,14,16). The second-order valence-corrected chi connectivity index (χ2v) is 3.86. The number of nitrogen functional groups attached to an aromatic ring is 1. The Kier molecular flexibility index (Phi) is 4.09. The number of anilines is 1. The lowest BCUT2D eigenvalue weighted by atomic mass is 10.1. The lowest BCUT2D eigenvalue weighted by molar-refractivity contribution is -0.118. The minimum absolute atomic E-state index is 0.0802. The molecule has 92 valence electrons. The van der Waals surface area contributed by atoms with Crippen molar-refractivity contribution < 1.29 is 9.59 Å². The van der Waals surface area contributed by atoms with Crippen LogP contribution in [0.25, 0.3) is 0 Å². The molecule has 0 fully saturated rings. The van der Waals surface area contributed by atoms with Gasteiger partial charge in [0.05, 0.1) is 6.54 Å². The predicted molar refractivity (Wildman–Crippen MR) is 66.4 cm³/mol. The molecule has 2 amide bonds. The number of hydrogen-bond donors (Lipinski definition) is 2. The Bertz CT molecular complexity index is 443. The van der Waals surface area contributed by atoms with E-state index in [1.54, 1.807) is 25.1 Å². The molecule has 0 aromatic heterocycles. The van der Waals surface area contributed by atoms with Gasteiger partial charge in [-0.2, -0.15) is 0 Å². The Labute approximate surface area is 100 Å². The van der Waals surface area contributed by atoms with Crippen molar-refractivity contribution in [1.82, 2.24) is 4.90 Å². The van der Waals surface area contributed by atoms with Crippen LogP contribution in [0.3, 0.4) is 0 Å². The first-order valence-electron chi connectivity index (χ1n) is 5.39. The van der Waals surface area contributed by atoms with Gasteiger partial charge in [0.25, 0.3) is 5.91 Å². The van der Waals surface area contributed by atoms with Crippen LogP contribution in [0.15, 0.2) is 18.2 Å². The number of aryl methyl sites for hydroxylation is 1. The van der Waals surface area contributed by atoms with E-state index >= 15 is 0 Å². The largest absolute Gasteiger partial charge is 0.398 e. The molecule has 0 bridgehead atoms. The topological polar surface area (TPSA) is 89.4 Å². The second-order valence-electron chi connectivity index (χ2n) is 3.86. The summed E-state index contributed by atoms with van der Waals surface area (Å²) in [7, 11) is 0. The molecule has 0 saturated heterocycles. The van der Waals surface area contributed by atoms with Crippen LogP contribution in [-0.4, -0.2) is 29.8 Å². The molecule has 1 rings (SSSR count). The Morgan fingerprint density at radius 1 is 1.35 bits per heavy atom. The monoisotopic (exact) mass is 235 g/mol. The van der Waals surface area contributed by atoms with E-state index in [1.807, 2.05) is 6.92 Å². The molecule has 0 heterocycles. The number of benzene rings is 1. The van der Waals surface area contributed by atoms with E-state index in [9.17, 15) is 9.59 Å². The minimum Gasteiger partial charge on any atom is -0.398 e. The van der Waals surface area contributed by atoms with E-state index < -0.39 is 5.91 Å². The summed E-state index contributed by atoms with van der Waals surface area (Å²) >= 11 is 0. The number of nitrogens with two attached hydrogens (primary N) is 2. The number of carbonyl (C=O) groups excluding carboxylic acids is 2. The highest BCUT2D eigenvalue weighted by molar-refractivity contribution is 5.97. The van der Waals surface area contributed by atoms with Crippen molar-refractivity contribution in [3.8, 4) is 0 Å². The smallest absolute Gasteiger partial charge is 0.254 e. The van der Waals surface area contributed by atoms with Crippen molar-refractivity contribution in [2.45, 2.75) is 13.8 Å². The minimum atomic E-state index is -0.528. The summed E-state index contributed by atoms with van der Waals surface area (Å²) in [6.07, 6.45) is 0. The summed E-state index contributed by atoms with van der Waals surface area (Å²) in [5.41, 5.74) is 12.8. The lowest BCUT2D eigenvalue weighted by Gasteiger charge is -2.19. The van der Waals surface area contributed by atoms with Crippen molar-refractivity contribution in [2.75, 3.05) is 18.8 Å². The van der Waals surface area contributed by atoms with E-state index in [-0.39, 0.29) is 12.5 Å². The molecule has 0 radical (unpaired) electrons. The van der Waals surface area contributed by atoms with E-state index in [1.165, 1.54) is 4.90 Å². The zero-order valence-electron chi connectivity index (χ0n) is 10.1. The van der Waals surface area contributed by atoms with Crippen molar-refractivity contribution in [3.05, 3.63) is 29.3 Å². The maximum atomic E-state index is 12.0. The number of rotatable bonds is 4. The Morgan fingerprint density at radius 2 is 2.00 bits per heavy atom. The van der Waals surface area contributed by atoms with Gasteiger partial charge in [0.15, 0.2) is 0 Å². The van der Waals surface area contributed by atoms with Gasteiger partial charge in [0.1, 0.15) is 0 Å². The number of amides is 2. The van der Waals surface area contributed by atoms with E-state index in [4.69, 9.17) is 11.5 Å². The molecule has 5 heteroatoms. The SMILES string of the molecule is CCN(CC(N)=O)C(=O)c1ccc(C)c(N)c1. The molecule has 4 N–H and O–H groups in total. The fraction of sp³-hybridized carbons (Fsp3) is 0.333. The first-order valence-corrected chi connectivity index (χ1v) is 5.39. The predicted octanol–water partition coefficient (Wildman–Crippen LogP) is 0.525. The number of likely N-dealkylation sites (N-methyl/N-ethyl adjacent to an activating group) is 1. The first kappa shape index (κ1) is 13.0. The summed E-state index contributed by atoms with van der Waals surface area (Å²) in [4.78, 5) is 24.2. The van der Waals surface area contributed by atoms with Crippen LogP contribution in [-0.2, 0) is 4.79 Å². The van der Waals surface area contributed by atoms with Crippen molar-refractivity contribution in [1.29, 1.82) is 0 Å². The fourth-order valence-electron chi connectivity index (χ4n) is 1.47. The Morgan fingerprint density at radius 3 is 2.47 bits per heavy atom. The molecular weight excluding hydrogens is 218 g/mol.